The van der Waals surface area contributed by atoms with Crippen molar-refractivity contribution in [2.45, 2.75) is 39.4 Å². The van der Waals surface area contributed by atoms with Crippen LogP contribution in [-0.4, -0.2) is 38.0 Å². The molecule has 0 aliphatic carbocycles. The summed E-state index contributed by atoms with van der Waals surface area (Å²) in [6, 6.07) is 7.35. The van der Waals surface area contributed by atoms with E-state index in [0.717, 1.165) is 11.4 Å². The van der Waals surface area contributed by atoms with Crippen LogP contribution in [0.3, 0.4) is 0 Å². The molecule has 7 heteroatoms. The first-order valence-corrected chi connectivity index (χ1v) is 8.52. The first kappa shape index (κ1) is 17.1. The van der Waals surface area contributed by atoms with Gasteiger partial charge in [-0.15, -0.1) is 0 Å². The lowest BCUT2D eigenvalue weighted by molar-refractivity contribution is -0.137. The highest BCUT2D eigenvalue weighted by molar-refractivity contribution is 5.79. The summed E-state index contributed by atoms with van der Waals surface area (Å²) in [7, 11) is 0. The molecule has 0 fully saturated rings. The minimum absolute atomic E-state index is 0.0619. The monoisotopic (exact) mass is 341 g/mol. The second-order valence-electron chi connectivity index (χ2n) is 6.60. The van der Waals surface area contributed by atoms with E-state index in [1.807, 2.05) is 47.7 Å². The van der Waals surface area contributed by atoms with Crippen LogP contribution in [0.15, 0.2) is 36.7 Å². The summed E-state index contributed by atoms with van der Waals surface area (Å²) >= 11 is 0. The predicted octanol–water partition coefficient (Wildman–Crippen LogP) is 1.52. The van der Waals surface area contributed by atoms with Crippen LogP contribution in [0, 0.1) is 5.92 Å². The Hall–Kier alpha value is -2.70. The Morgan fingerprint density at radius 2 is 2.12 bits per heavy atom. The van der Waals surface area contributed by atoms with Crippen LogP contribution < -0.4 is 5.32 Å². The van der Waals surface area contributed by atoms with E-state index in [9.17, 15) is 9.59 Å². The SMILES string of the molecule is CC(C)C(=O)N1Cc2ccnn2C(CC(=O)NCc2ccccn2)C1. The Bertz CT molecular complexity index is 741. The highest BCUT2D eigenvalue weighted by atomic mass is 16.2. The number of carbonyl (C=O) groups is 2. The molecule has 2 aromatic rings. The van der Waals surface area contributed by atoms with Crippen LogP contribution in [0.1, 0.15) is 37.7 Å². The number of hydrogen-bond donors (Lipinski definition) is 1. The van der Waals surface area contributed by atoms with Crippen molar-refractivity contribution in [2.24, 2.45) is 5.92 Å². The summed E-state index contributed by atoms with van der Waals surface area (Å²) < 4.78 is 1.87. The fourth-order valence-electron chi connectivity index (χ4n) is 3.05. The van der Waals surface area contributed by atoms with Crippen LogP contribution in [0.2, 0.25) is 0 Å². The van der Waals surface area contributed by atoms with Gasteiger partial charge in [-0.3, -0.25) is 19.3 Å². The van der Waals surface area contributed by atoms with Crippen molar-refractivity contribution in [2.75, 3.05) is 6.54 Å². The zero-order valence-electron chi connectivity index (χ0n) is 14.6. The molecule has 1 aliphatic rings. The van der Waals surface area contributed by atoms with Crippen LogP contribution in [0.4, 0.5) is 0 Å². The van der Waals surface area contributed by atoms with Crippen molar-refractivity contribution < 1.29 is 9.59 Å². The number of hydrogen-bond acceptors (Lipinski definition) is 4. The van der Waals surface area contributed by atoms with Gasteiger partial charge in [-0.2, -0.15) is 5.10 Å². The summed E-state index contributed by atoms with van der Waals surface area (Å²) in [5, 5.41) is 7.22. The summed E-state index contributed by atoms with van der Waals surface area (Å²) in [4.78, 5) is 30.7. The van der Waals surface area contributed by atoms with Gasteiger partial charge in [0.25, 0.3) is 0 Å². The average molecular weight is 341 g/mol. The summed E-state index contributed by atoms with van der Waals surface area (Å²) in [6.07, 6.45) is 3.70. The van der Waals surface area contributed by atoms with E-state index < -0.39 is 0 Å². The van der Waals surface area contributed by atoms with Gasteiger partial charge in [0.15, 0.2) is 0 Å². The second kappa shape index (κ2) is 7.46. The number of aromatic nitrogens is 3. The molecule has 0 saturated carbocycles. The Morgan fingerprint density at radius 3 is 2.84 bits per heavy atom. The van der Waals surface area contributed by atoms with Gasteiger partial charge < -0.3 is 10.2 Å². The maximum Gasteiger partial charge on any atom is 0.225 e. The molecule has 0 spiro atoms. The molecule has 3 rings (SSSR count). The summed E-state index contributed by atoms with van der Waals surface area (Å²) in [6.45, 7) is 5.23. The van der Waals surface area contributed by atoms with Crippen molar-refractivity contribution in [1.82, 2.24) is 25.0 Å². The summed E-state index contributed by atoms with van der Waals surface area (Å²) in [5.74, 6) is -0.0320. The number of amides is 2. The van der Waals surface area contributed by atoms with E-state index in [4.69, 9.17) is 0 Å². The number of nitrogens with zero attached hydrogens (tertiary/aromatic N) is 4. The van der Waals surface area contributed by atoms with Crippen LogP contribution in [0.5, 0.6) is 0 Å². The molecule has 25 heavy (non-hydrogen) atoms. The normalized spacial score (nSPS) is 16.6. The van der Waals surface area contributed by atoms with Crippen molar-refractivity contribution >= 4 is 11.8 Å². The van der Waals surface area contributed by atoms with Crippen molar-refractivity contribution in [3.63, 3.8) is 0 Å². The highest BCUT2D eigenvalue weighted by Crippen LogP contribution is 2.24. The zero-order chi connectivity index (χ0) is 17.8. The molecular weight excluding hydrogens is 318 g/mol. The highest BCUT2D eigenvalue weighted by Gasteiger charge is 2.30. The Kier molecular flexibility index (Phi) is 5.11. The Balaban J connectivity index is 1.64. The number of carbonyl (C=O) groups excluding carboxylic acids is 2. The van der Waals surface area contributed by atoms with Crippen molar-refractivity contribution in [1.29, 1.82) is 0 Å². The minimum Gasteiger partial charge on any atom is -0.350 e. The van der Waals surface area contributed by atoms with E-state index in [-0.39, 0.29) is 30.2 Å². The third-order valence-electron chi connectivity index (χ3n) is 4.30. The number of nitrogens with one attached hydrogen (secondary N) is 1. The number of rotatable bonds is 5. The van der Waals surface area contributed by atoms with Crippen molar-refractivity contribution in [3.8, 4) is 0 Å². The first-order valence-electron chi connectivity index (χ1n) is 8.52. The van der Waals surface area contributed by atoms with Crippen LogP contribution >= 0.6 is 0 Å². The van der Waals surface area contributed by atoms with E-state index in [1.165, 1.54) is 0 Å². The smallest absolute Gasteiger partial charge is 0.225 e. The standard InChI is InChI=1S/C18H23N5O2/c1-13(2)18(25)22-11-15-6-8-21-23(15)16(12-22)9-17(24)20-10-14-5-3-4-7-19-14/h3-8,13,16H,9-12H2,1-2H3,(H,20,24). The molecule has 3 heterocycles. The van der Waals surface area contributed by atoms with E-state index in [2.05, 4.69) is 15.4 Å². The lowest BCUT2D eigenvalue weighted by Gasteiger charge is -2.34. The van der Waals surface area contributed by atoms with E-state index in [0.29, 0.717) is 19.6 Å². The summed E-state index contributed by atoms with van der Waals surface area (Å²) in [5.41, 5.74) is 1.78. The lowest BCUT2D eigenvalue weighted by atomic mass is 10.1. The minimum atomic E-state index is -0.148. The van der Waals surface area contributed by atoms with Gasteiger partial charge in [0, 0.05) is 24.9 Å². The number of fused-ring (bicyclic) bond motifs is 1. The average Bonchev–Trinajstić information content (AvgIpc) is 3.09. The van der Waals surface area contributed by atoms with Gasteiger partial charge in [0.2, 0.25) is 11.8 Å². The molecule has 1 aliphatic heterocycles. The largest absolute Gasteiger partial charge is 0.350 e. The van der Waals surface area contributed by atoms with Crippen LogP contribution in [-0.2, 0) is 22.7 Å². The topological polar surface area (TPSA) is 80.1 Å². The molecule has 132 valence electrons. The molecule has 0 radical (unpaired) electrons. The Labute approximate surface area is 147 Å². The number of pyridine rings is 1. The van der Waals surface area contributed by atoms with Crippen LogP contribution in [0.25, 0.3) is 0 Å². The molecule has 0 aromatic carbocycles. The molecular formula is C18H23N5O2. The fourth-order valence-corrected chi connectivity index (χ4v) is 3.05. The zero-order valence-corrected chi connectivity index (χ0v) is 14.6. The third-order valence-corrected chi connectivity index (χ3v) is 4.30. The second-order valence-corrected chi connectivity index (χ2v) is 6.60. The quantitative estimate of drug-likeness (QED) is 0.894. The van der Waals surface area contributed by atoms with Crippen molar-refractivity contribution in [3.05, 3.63) is 48.0 Å². The van der Waals surface area contributed by atoms with Gasteiger partial charge >= 0.3 is 0 Å². The lowest BCUT2D eigenvalue weighted by Crippen LogP contribution is -2.44. The van der Waals surface area contributed by atoms with Gasteiger partial charge in [-0.25, -0.2) is 0 Å². The van der Waals surface area contributed by atoms with Gasteiger partial charge in [0.05, 0.1) is 36.9 Å². The van der Waals surface area contributed by atoms with Gasteiger partial charge in [0.1, 0.15) is 0 Å². The molecule has 0 saturated heterocycles. The maximum atomic E-state index is 12.4. The molecule has 0 bridgehead atoms. The molecule has 1 atom stereocenters. The third kappa shape index (κ3) is 4.04. The molecule has 1 unspecified atom stereocenters. The molecule has 7 nitrogen and oxygen atoms in total. The first-order chi connectivity index (χ1) is 12.0. The molecule has 1 N–H and O–H groups in total. The van der Waals surface area contributed by atoms with Gasteiger partial charge in [-0.1, -0.05) is 19.9 Å². The predicted molar refractivity (Wildman–Crippen MR) is 92.2 cm³/mol. The molecule has 2 amide bonds. The fraction of sp³-hybridized carbons (Fsp3) is 0.444. The maximum absolute atomic E-state index is 12.4. The van der Waals surface area contributed by atoms with E-state index >= 15 is 0 Å². The van der Waals surface area contributed by atoms with Gasteiger partial charge in [-0.05, 0) is 18.2 Å². The Morgan fingerprint density at radius 1 is 1.28 bits per heavy atom. The molecule has 2 aromatic heterocycles. The van der Waals surface area contributed by atoms with E-state index in [1.54, 1.807) is 12.4 Å².